The number of carbonyl (C=O) groups excluding carboxylic acids is 1. The fourth-order valence-electron chi connectivity index (χ4n) is 1.93. The SMILES string of the molecule is CSCCc1c(C#N)c(N)nc2sc(C=O)c(N)c12. The molecule has 5 nitrogen and oxygen atoms in total. The summed E-state index contributed by atoms with van der Waals surface area (Å²) in [7, 11) is 0. The van der Waals surface area contributed by atoms with Crippen LogP contribution in [-0.2, 0) is 6.42 Å². The van der Waals surface area contributed by atoms with Crippen LogP contribution in [-0.4, -0.2) is 23.3 Å². The van der Waals surface area contributed by atoms with Crippen molar-refractivity contribution >= 4 is 51.1 Å². The van der Waals surface area contributed by atoms with Crippen molar-refractivity contribution in [3.63, 3.8) is 0 Å². The third-order valence-corrected chi connectivity index (χ3v) is 4.45. The van der Waals surface area contributed by atoms with E-state index in [0.29, 0.717) is 39.1 Å². The second kappa shape index (κ2) is 5.47. The molecule has 0 aliphatic rings. The fourth-order valence-corrected chi connectivity index (χ4v) is 3.29. The molecule has 2 aromatic heterocycles. The Bertz CT molecular complexity index is 687. The lowest BCUT2D eigenvalue weighted by Gasteiger charge is -2.08. The average molecular weight is 292 g/mol. The molecular formula is C12H12N4OS2. The topological polar surface area (TPSA) is 106 Å². The molecule has 0 aromatic carbocycles. The lowest BCUT2D eigenvalue weighted by Crippen LogP contribution is -2.03. The van der Waals surface area contributed by atoms with E-state index in [4.69, 9.17) is 11.5 Å². The summed E-state index contributed by atoms with van der Waals surface area (Å²) in [5.41, 5.74) is 13.3. The highest BCUT2D eigenvalue weighted by Crippen LogP contribution is 2.37. The van der Waals surface area contributed by atoms with Gasteiger partial charge in [0.2, 0.25) is 0 Å². The maximum Gasteiger partial charge on any atom is 0.162 e. The molecule has 2 heterocycles. The van der Waals surface area contributed by atoms with Gasteiger partial charge in [0.15, 0.2) is 6.29 Å². The van der Waals surface area contributed by atoms with Crippen molar-refractivity contribution < 1.29 is 4.79 Å². The van der Waals surface area contributed by atoms with Gasteiger partial charge in [0.1, 0.15) is 16.7 Å². The minimum absolute atomic E-state index is 0.199. The zero-order valence-corrected chi connectivity index (χ0v) is 11.9. The first kappa shape index (κ1) is 13.6. The molecule has 19 heavy (non-hydrogen) atoms. The molecule has 0 atom stereocenters. The number of nitriles is 1. The minimum atomic E-state index is 0.199. The second-order valence-electron chi connectivity index (χ2n) is 3.88. The summed E-state index contributed by atoms with van der Waals surface area (Å²) in [5.74, 6) is 1.05. The number of hydrogen-bond acceptors (Lipinski definition) is 7. The fraction of sp³-hybridized carbons (Fsp3) is 0.250. The van der Waals surface area contributed by atoms with Crippen LogP contribution in [0.25, 0.3) is 10.2 Å². The molecule has 0 fully saturated rings. The Morgan fingerprint density at radius 2 is 2.26 bits per heavy atom. The zero-order valence-electron chi connectivity index (χ0n) is 10.3. The molecule has 0 saturated heterocycles. The molecule has 0 unspecified atom stereocenters. The molecule has 2 rings (SSSR count). The zero-order chi connectivity index (χ0) is 14.0. The molecule has 0 aliphatic heterocycles. The summed E-state index contributed by atoms with van der Waals surface area (Å²) in [6.45, 7) is 0. The maximum atomic E-state index is 11.0. The van der Waals surface area contributed by atoms with Gasteiger partial charge in [-0.1, -0.05) is 0 Å². The van der Waals surface area contributed by atoms with Crippen molar-refractivity contribution in [2.45, 2.75) is 6.42 Å². The molecule has 0 saturated carbocycles. The highest BCUT2D eigenvalue weighted by atomic mass is 32.2. The summed E-state index contributed by atoms with van der Waals surface area (Å²) in [5, 5.41) is 9.93. The summed E-state index contributed by atoms with van der Waals surface area (Å²) >= 11 is 2.88. The third kappa shape index (κ3) is 2.25. The minimum Gasteiger partial charge on any atom is -0.397 e. The van der Waals surface area contributed by atoms with Crippen LogP contribution in [0.1, 0.15) is 20.8 Å². The van der Waals surface area contributed by atoms with Crippen LogP contribution in [0.5, 0.6) is 0 Å². The van der Waals surface area contributed by atoms with Gasteiger partial charge >= 0.3 is 0 Å². The number of fused-ring (bicyclic) bond motifs is 1. The van der Waals surface area contributed by atoms with Gasteiger partial charge in [0.25, 0.3) is 0 Å². The Morgan fingerprint density at radius 3 is 2.84 bits per heavy atom. The van der Waals surface area contributed by atoms with Gasteiger partial charge < -0.3 is 11.5 Å². The first-order valence-corrected chi connectivity index (χ1v) is 7.69. The Balaban J connectivity index is 2.80. The van der Waals surface area contributed by atoms with Gasteiger partial charge in [0.05, 0.1) is 16.1 Å². The molecule has 0 radical (unpaired) electrons. The monoisotopic (exact) mass is 292 g/mol. The maximum absolute atomic E-state index is 11.0. The van der Waals surface area contributed by atoms with Crippen LogP contribution < -0.4 is 11.5 Å². The van der Waals surface area contributed by atoms with Crippen LogP contribution in [0, 0.1) is 11.3 Å². The van der Waals surface area contributed by atoms with Crippen molar-refractivity contribution in [1.29, 1.82) is 5.26 Å². The number of aryl methyl sites for hydroxylation is 1. The van der Waals surface area contributed by atoms with Crippen molar-refractivity contribution in [2.75, 3.05) is 23.5 Å². The highest BCUT2D eigenvalue weighted by molar-refractivity contribution is 7.98. The smallest absolute Gasteiger partial charge is 0.162 e. The molecule has 4 N–H and O–H groups in total. The number of nitrogens with two attached hydrogens (primary N) is 2. The summed E-state index contributed by atoms with van der Waals surface area (Å²) < 4.78 is 0. The number of nitrogen functional groups attached to an aromatic ring is 2. The molecule has 0 aliphatic carbocycles. The molecule has 0 bridgehead atoms. The summed E-state index contributed by atoms with van der Waals surface area (Å²) in [4.78, 5) is 16.2. The van der Waals surface area contributed by atoms with E-state index in [1.54, 1.807) is 11.8 Å². The Hall–Kier alpha value is -1.78. The number of thioether (sulfide) groups is 1. The molecule has 2 aromatic rings. The van der Waals surface area contributed by atoms with Gasteiger partial charge in [-0.15, -0.1) is 11.3 Å². The first-order valence-electron chi connectivity index (χ1n) is 5.48. The van der Waals surface area contributed by atoms with Crippen molar-refractivity contribution in [3.05, 3.63) is 16.0 Å². The summed E-state index contributed by atoms with van der Waals surface area (Å²) in [6, 6.07) is 2.08. The van der Waals surface area contributed by atoms with E-state index in [0.717, 1.165) is 11.3 Å². The standard InChI is InChI=1S/C12H12N4OS2/c1-18-3-2-6-7(4-13)11(15)16-12-9(6)10(14)8(5-17)19-12/h5H,2-3,14H2,1H3,(H2,15,16). The van der Waals surface area contributed by atoms with Crippen molar-refractivity contribution in [2.24, 2.45) is 0 Å². The van der Waals surface area contributed by atoms with Crippen LogP contribution in [0.15, 0.2) is 0 Å². The van der Waals surface area contributed by atoms with Crippen LogP contribution in [0.3, 0.4) is 0 Å². The van der Waals surface area contributed by atoms with E-state index in [-0.39, 0.29) is 5.82 Å². The van der Waals surface area contributed by atoms with Crippen LogP contribution in [0.2, 0.25) is 0 Å². The molecular weight excluding hydrogens is 280 g/mol. The lowest BCUT2D eigenvalue weighted by molar-refractivity contribution is 0.112. The van der Waals surface area contributed by atoms with E-state index in [2.05, 4.69) is 11.1 Å². The van der Waals surface area contributed by atoms with Gasteiger partial charge in [0, 0.05) is 5.39 Å². The first-order chi connectivity index (χ1) is 9.13. The van der Waals surface area contributed by atoms with Crippen LogP contribution in [0.4, 0.5) is 11.5 Å². The van der Waals surface area contributed by atoms with E-state index in [1.807, 2.05) is 6.26 Å². The van der Waals surface area contributed by atoms with Gasteiger partial charge in [-0.05, 0) is 24.0 Å². The van der Waals surface area contributed by atoms with E-state index >= 15 is 0 Å². The van der Waals surface area contributed by atoms with E-state index in [9.17, 15) is 10.1 Å². The third-order valence-electron chi connectivity index (χ3n) is 2.81. The number of thiophene rings is 1. The summed E-state index contributed by atoms with van der Waals surface area (Å²) in [6.07, 6.45) is 3.37. The lowest BCUT2D eigenvalue weighted by atomic mass is 10.0. The number of aldehydes is 1. The largest absolute Gasteiger partial charge is 0.397 e. The number of hydrogen-bond donors (Lipinski definition) is 2. The molecule has 0 amide bonds. The number of rotatable bonds is 4. The highest BCUT2D eigenvalue weighted by Gasteiger charge is 2.19. The van der Waals surface area contributed by atoms with Gasteiger partial charge in [-0.2, -0.15) is 17.0 Å². The number of anilines is 2. The predicted molar refractivity (Wildman–Crippen MR) is 80.6 cm³/mol. The van der Waals surface area contributed by atoms with Crippen molar-refractivity contribution in [1.82, 2.24) is 4.98 Å². The predicted octanol–water partition coefficient (Wildman–Crippen LogP) is 2.05. The number of nitrogens with zero attached hydrogens (tertiary/aromatic N) is 2. The Kier molecular flexibility index (Phi) is 3.93. The Labute approximate surface area is 118 Å². The van der Waals surface area contributed by atoms with Crippen molar-refractivity contribution in [3.8, 4) is 6.07 Å². The normalized spacial score (nSPS) is 10.5. The number of aromatic nitrogens is 1. The number of pyridine rings is 1. The quantitative estimate of drug-likeness (QED) is 0.835. The van der Waals surface area contributed by atoms with Gasteiger partial charge in [-0.25, -0.2) is 4.98 Å². The number of carbonyl (C=O) groups is 1. The molecule has 0 spiro atoms. The Morgan fingerprint density at radius 1 is 1.53 bits per heavy atom. The van der Waals surface area contributed by atoms with E-state index < -0.39 is 0 Å². The average Bonchev–Trinajstić information content (AvgIpc) is 2.71. The van der Waals surface area contributed by atoms with Crippen LogP contribution >= 0.6 is 23.1 Å². The molecule has 7 heteroatoms. The van der Waals surface area contributed by atoms with Gasteiger partial charge in [-0.3, -0.25) is 4.79 Å². The second-order valence-corrected chi connectivity index (χ2v) is 5.90. The molecule has 98 valence electrons. The van der Waals surface area contributed by atoms with E-state index in [1.165, 1.54) is 11.3 Å².